The third-order valence-corrected chi connectivity index (χ3v) is 2.51. The van der Waals surface area contributed by atoms with Gasteiger partial charge in [-0.1, -0.05) is 6.07 Å². The van der Waals surface area contributed by atoms with E-state index in [4.69, 9.17) is 5.84 Å². The Bertz CT molecular complexity index is 539. The lowest BCUT2D eigenvalue weighted by Crippen LogP contribution is -2.30. The molecule has 3 N–H and O–H groups in total. The molecule has 88 valence electrons. The van der Waals surface area contributed by atoms with E-state index in [9.17, 15) is 4.79 Å². The number of carbonyl (C=O) groups is 1. The number of pyridine rings is 1. The lowest BCUT2D eigenvalue weighted by molar-refractivity contribution is 0.0948. The molecule has 7 heteroatoms. The zero-order chi connectivity index (χ0) is 12.3. The summed E-state index contributed by atoms with van der Waals surface area (Å²) in [6.45, 7) is 0.497. The maximum absolute atomic E-state index is 11.3. The van der Waals surface area contributed by atoms with Crippen LogP contribution in [0.5, 0.6) is 0 Å². The molecule has 0 spiro atoms. The molecule has 2 aromatic rings. The number of nitrogens with zero attached hydrogens (tertiary/aromatic N) is 3. The highest BCUT2D eigenvalue weighted by molar-refractivity contribution is 9.10. The monoisotopic (exact) mass is 295 g/mol. The second-order valence-electron chi connectivity index (χ2n) is 3.34. The first kappa shape index (κ1) is 11.7. The molecule has 0 atom stereocenters. The molecule has 2 rings (SSSR count). The van der Waals surface area contributed by atoms with Gasteiger partial charge in [0.05, 0.1) is 22.9 Å². The van der Waals surface area contributed by atoms with E-state index in [-0.39, 0.29) is 5.69 Å². The quantitative estimate of drug-likeness (QED) is 0.496. The first-order chi connectivity index (χ1) is 8.19. The number of aromatic nitrogens is 3. The molecule has 0 saturated heterocycles. The molecule has 2 heterocycles. The highest BCUT2D eigenvalue weighted by Crippen LogP contribution is 2.08. The van der Waals surface area contributed by atoms with Crippen LogP contribution in [-0.2, 0) is 6.54 Å². The molecule has 0 aliphatic heterocycles. The van der Waals surface area contributed by atoms with Gasteiger partial charge in [0.25, 0.3) is 5.91 Å². The molecule has 0 bridgehead atoms. The van der Waals surface area contributed by atoms with E-state index in [1.165, 1.54) is 0 Å². The van der Waals surface area contributed by atoms with Crippen LogP contribution in [0.2, 0.25) is 0 Å². The summed E-state index contributed by atoms with van der Waals surface area (Å²) in [7, 11) is 0. The van der Waals surface area contributed by atoms with Gasteiger partial charge in [-0.2, -0.15) is 5.10 Å². The molecule has 17 heavy (non-hydrogen) atoms. The van der Waals surface area contributed by atoms with Crippen LogP contribution < -0.4 is 11.3 Å². The largest absolute Gasteiger partial charge is 0.289 e. The molecule has 6 nitrogen and oxygen atoms in total. The first-order valence-electron chi connectivity index (χ1n) is 4.84. The normalized spacial score (nSPS) is 10.2. The number of hydrogen-bond donors (Lipinski definition) is 2. The van der Waals surface area contributed by atoms with Crippen molar-refractivity contribution in [1.82, 2.24) is 20.2 Å². The van der Waals surface area contributed by atoms with Gasteiger partial charge in [0, 0.05) is 6.20 Å². The molecule has 0 fully saturated rings. The van der Waals surface area contributed by atoms with Crippen molar-refractivity contribution in [2.75, 3.05) is 0 Å². The molecular weight excluding hydrogens is 286 g/mol. The van der Waals surface area contributed by atoms with Crippen LogP contribution in [0.15, 0.2) is 35.1 Å². The number of hydrazine groups is 1. The molecule has 0 radical (unpaired) electrons. The fourth-order valence-electron chi connectivity index (χ4n) is 1.36. The van der Waals surface area contributed by atoms with Gasteiger partial charge in [0.15, 0.2) is 0 Å². The number of nitrogens with two attached hydrogens (primary N) is 1. The number of rotatable bonds is 3. The first-order valence-corrected chi connectivity index (χ1v) is 5.63. The second-order valence-corrected chi connectivity index (χ2v) is 4.26. The maximum Gasteiger partial charge on any atom is 0.283 e. The van der Waals surface area contributed by atoms with Crippen LogP contribution >= 0.6 is 15.9 Å². The van der Waals surface area contributed by atoms with Crippen molar-refractivity contribution in [2.24, 2.45) is 5.84 Å². The van der Waals surface area contributed by atoms with Crippen LogP contribution in [0.1, 0.15) is 16.2 Å². The van der Waals surface area contributed by atoms with Crippen LogP contribution in [0, 0.1) is 0 Å². The molecule has 1 amide bonds. The molecule has 0 aliphatic carbocycles. The summed E-state index contributed by atoms with van der Waals surface area (Å²) >= 11 is 3.31. The molecule has 0 saturated carbocycles. The summed E-state index contributed by atoms with van der Waals surface area (Å²) < 4.78 is 2.62. The van der Waals surface area contributed by atoms with Gasteiger partial charge in [-0.25, -0.2) is 10.8 Å². The maximum atomic E-state index is 11.3. The third kappa shape index (κ3) is 2.89. The zero-order valence-electron chi connectivity index (χ0n) is 8.80. The smallest absolute Gasteiger partial charge is 0.283 e. The van der Waals surface area contributed by atoms with Crippen LogP contribution in [0.4, 0.5) is 0 Å². The predicted molar refractivity (Wildman–Crippen MR) is 64.9 cm³/mol. The van der Waals surface area contributed by atoms with E-state index in [0.29, 0.717) is 6.54 Å². The van der Waals surface area contributed by atoms with Gasteiger partial charge < -0.3 is 0 Å². The number of halogens is 1. The van der Waals surface area contributed by atoms with Crippen LogP contribution in [0.25, 0.3) is 0 Å². The van der Waals surface area contributed by atoms with Gasteiger partial charge in [-0.15, -0.1) is 0 Å². The Morgan fingerprint density at radius 3 is 3.00 bits per heavy atom. The lowest BCUT2D eigenvalue weighted by atomic mass is 10.3. The topological polar surface area (TPSA) is 85.8 Å². The number of nitrogen functional groups attached to an aromatic ring is 1. The lowest BCUT2D eigenvalue weighted by Gasteiger charge is -2.03. The Kier molecular flexibility index (Phi) is 3.50. The standard InChI is InChI=1S/C10H10BrN5O/c11-7-4-13-16(5-7)6-8-2-1-3-9(14-8)10(17)15-12/h1-5H,6,12H2,(H,15,17). The average Bonchev–Trinajstić information content (AvgIpc) is 2.74. The SMILES string of the molecule is NNC(=O)c1cccc(Cn2cc(Br)cn2)n1. The van der Waals surface area contributed by atoms with Crippen molar-refractivity contribution in [3.05, 3.63) is 46.5 Å². The summed E-state index contributed by atoms with van der Waals surface area (Å²) in [5.74, 6) is 4.64. The van der Waals surface area contributed by atoms with Gasteiger partial charge in [0.1, 0.15) is 5.69 Å². The molecule has 0 aromatic carbocycles. The Balaban J connectivity index is 2.19. The van der Waals surface area contributed by atoms with Gasteiger partial charge in [-0.05, 0) is 28.1 Å². The van der Waals surface area contributed by atoms with Crippen molar-refractivity contribution in [1.29, 1.82) is 0 Å². The predicted octanol–water partition coefficient (Wildman–Crippen LogP) is 0.692. The Morgan fingerprint density at radius 1 is 1.53 bits per heavy atom. The Hall–Kier alpha value is -1.73. The Morgan fingerprint density at radius 2 is 2.35 bits per heavy atom. The Labute approximate surface area is 106 Å². The second kappa shape index (κ2) is 5.07. The summed E-state index contributed by atoms with van der Waals surface area (Å²) in [5.41, 5.74) is 3.07. The van der Waals surface area contributed by atoms with E-state index >= 15 is 0 Å². The minimum atomic E-state index is -0.409. The summed E-state index contributed by atoms with van der Waals surface area (Å²) in [6.07, 6.45) is 3.52. The van der Waals surface area contributed by atoms with E-state index in [0.717, 1.165) is 10.2 Å². The third-order valence-electron chi connectivity index (χ3n) is 2.10. The van der Waals surface area contributed by atoms with Crippen molar-refractivity contribution in [3.63, 3.8) is 0 Å². The average molecular weight is 296 g/mol. The number of hydrogen-bond acceptors (Lipinski definition) is 4. The van der Waals surface area contributed by atoms with E-state index in [1.54, 1.807) is 23.0 Å². The minimum absolute atomic E-state index is 0.288. The van der Waals surface area contributed by atoms with Crippen molar-refractivity contribution < 1.29 is 4.79 Å². The number of carbonyl (C=O) groups excluding carboxylic acids is 1. The molecule has 0 aliphatic rings. The summed E-state index contributed by atoms with van der Waals surface area (Å²) in [6, 6.07) is 5.18. The van der Waals surface area contributed by atoms with Gasteiger partial charge >= 0.3 is 0 Å². The van der Waals surface area contributed by atoms with E-state index < -0.39 is 5.91 Å². The molecule has 0 unspecified atom stereocenters. The van der Waals surface area contributed by atoms with Crippen molar-refractivity contribution in [3.8, 4) is 0 Å². The van der Waals surface area contributed by atoms with Crippen molar-refractivity contribution in [2.45, 2.75) is 6.54 Å². The molecular formula is C10H10BrN5O. The highest BCUT2D eigenvalue weighted by atomic mass is 79.9. The summed E-state index contributed by atoms with van der Waals surface area (Å²) in [5, 5.41) is 4.11. The zero-order valence-corrected chi connectivity index (χ0v) is 10.4. The number of amides is 1. The van der Waals surface area contributed by atoms with E-state index in [2.05, 4.69) is 26.0 Å². The fourth-order valence-corrected chi connectivity index (χ4v) is 1.69. The highest BCUT2D eigenvalue weighted by Gasteiger charge is 2.06. The van der Waals surface area contributed by atoms with E-state index in [1.807, 2.05) is 17.7 Å². The van der Waals surface area contributed by atoms with Gasteiger partial charge in [0.2, 0.25) is 0 Å². The number of nitrogens with one attached hydrogen (secondary N) is 1. The van der Waals surface area contributed by atoms with Crippen LogP contribution in [-0.4, -0.2) is 20.7 Å². The van der Waals surface area contributed by atoms with Crippen LogP contribution in [0.3, 0.4) is 0 Å². The van der Waals surface area contributed by atoms with Gasteiger partial charge in [-0.3, -0.25) is 14.9 Å². The summed E-state index contributed by atoms with van der Waals surface area (Å²) in [4.78, 5) is 15.5. The van der Waals surface area contributed by atoms with Crippen molar-refractivity contribution >= 4 is 21.8 Å². The fraction of sp³-hybridized carbons (Fsp3) is 0.100. The molecule has 2 aromatic heterocycles. The minimum Gasteiger partial charge on any atom is -0.289 e.